The van der Waals surface area contributed by atoms with Gasteiger partial charge in [-0.25, -0.2) is 0 Å². The second kappa shape index (κ2) is 13.5. The van der Waals surface area contributed by atoms with Crippen molar-refractivity contribution in [3.63, 3.8) is 0 Å². The Morgan fingerprint density at radius 2 is 1.87 bits per heavy atom. The average molecular weight is 534 g/mol. The lowest BCUT2D eigenvalue weighted by Gasteiger charge is -2.39. The summed E-state index contributed by atoms with van der Waals surface area (Å²) in [5, 5.41) is 3.01. The van der Waals surface area contributed by atoms with Gasteiger partial charge in [-0.15, -0.1) is 0 Å². The average Bonchev–Trinajstić information content (AvgIpc) is 3.59. The molecule has 0 bridgehead atoms. The normalized spacial score (nSPS) is 34.3. The molecule has 3 heterocycles. The van der Waals surface area contributed by atoms with Crippen LogP contribution >= 0.6 is 0 Å². The fourth-order valence-electron chi connectivity index (χ4n) is 5.15. The Hall–Kier alpha value is -2.49. The highest BCUT2D eigenvalue weighted by molar-refractivity contribution is 5.87. The van der Waals surface area contributed by atoms with Gasteiger partial charge in [0.05, 0.1) is 56.2 Å². The molecule has 3 rings (SSSR count). The Balaban J connectivity index is 1.47. The van der Waals surface area contributed by atoms with Crippen molar-refractivity contribution >= 4 is 17.8 Å². The summed E-state index contributed by atoms with van der Waals surface area (Å²) < 4.78 is 27.9. The van der Waals surface area contributed by atoms with Gasteiger partial charge in [-0.3, -0.25) is 14.4 Å². The van der Waals surface area contributed by atoms with Gasteiger partial charge in [0.1, 0.15) is 6.10 Å². The van der Waals surface area contributed by atoms with Gasteiger partial charge < -0.3 is 29.0 Å². The van der Waals surface area contributed by atoms with Gasteiger partial charge in [0.25, 0.3) is 0 Å². The first kappa shape index (κ1) is 30.1. The lowest BCUT2D eigenvalue weighted by Crippen LogP contribution is -2.50. The van der Waals surface area contributed by atoms with Crippen LogP contribution in [0.2, 0.25) is 0 Å². The van der Waals surface area contributed by atoms with Gasteiger partial charge >= 0.3 is 11.9 Å². The molecule has 8 atom stereocenters. The van der Waals surface area contributed by atoms with E-state index in [4.69, 9.17) is 23.7 Å². The van der Waals surface area contributed by atoms with Gasteiger partial charge in [-0.05, 0) is 45.6 Å². The quantitative estimate of drug-likeness (QED) is 0.196. The molecule has 1 amide bonds. The van der Waals surface area contributed by atoms with Crippen molar-refractivity contribution in [2.75, 3.05) is 13.7 Å². The molecule has 212 valence electrons. The van der Waals surface area contributed by atoms with Gasteiger partial charge in [0.2, 0.25) is 5.91 Å². The molecule has 9 nitrogen and oxygen atoms in total. The maximum atomic E-state index is 12.3. The highest BCUT2D eigenvalue weighted by Gasteiger charge is 2.51. The molecule has 0 saturated carbocycles. The van der Waals surface area contributed by atoms with Gasteiger partial charge in [-0.1, -0.05) is 30.7 Å². The predicted octanol–water partition coefficient (Wildman–Crippen LogP) is 3.56. The lowest BCUT2D eigenvalue weighted by atomic mass is 9.88. The first-order chi connectivity index (χ1) is 18.0. The first-order valence-electron chi connectivity index (χ1n) is 13.5. The number of carbonyl (C=O) groups excluding carboxylic acids is 3. The molecule has 38 heavy (non-hydrogen) atoms. The molecular weight excluding hydrogens is 490 g/mol. The molecule has 0 aromatic heterocycles. The summed E-state index contributed by atoms with van der Waals surface area (Å²) in [7, 11) is 1.39. The summed E-state index contributed by atoms with van der Waals surface area (Å²) in [5.74, 6) is -0.618. The molecule has 8 unspecified atom stereocenters. The van der Waals surface area contributed by atoms with Crippen LogP contribution in [0.15, 0.2) is 36.0 Å². The molecule has 1 N–H and O–H groups in total. The SMILES string of the molecule is COC(=O)CC1CC2(CO2)CC(C=CC(C)=CCC2OC(C)C(NC(=O)C=CC(C)OC(C)=O)CC2C)O1. The van der Waals surface area contributed by atoms with Crippen LogP contribution in [0.25, 0.3) is 0 Å². The third-order valence-corrected chi connectivity index (χ3v) is 7.38. The van der Waals surface area contributed by atoms with E-state index in [0.717, 1.165) is 31.3 Å². The Kier molecular flexibility index (Phi) is 10.7. The van der Waals surface area contributed by atoms with E-state index < -0.39 is 6.10 Å². The maximum absolute atomic E-state index is 12.3. The number of nitrogens with one attached hydrogen (secondary N) is 1. The van der Waals surface area contributed by atoms with Crippen LogP contribution in [0.3, 0.4) is 0 Å². The van der Waals surface area contributed by atoms with Crippen molar-refractivity contribution in [3.05, 3.63) is 36.0 Å². The fraction of sp³-hybridized carbons (Fsp3) is 0.690. The summed E-state index contributed by atoms with van der Waals surface area (Å²) in [6.07, 6.45) is 11.7. The minimum absolute atomic E-state index is 0.0551. The highest BCUT2D eigenvalue weighted by Crippen LogP contribution is 2.43. The van der Waals surface area contributed by atoms with Crippen molar-refractivity contribution in [2.24, 2.45) is 5.92 Å². The largest absolute Gasteiger partial charge is 0.469 e. The van der Waals surface area contributed by atoms with E-state index in [-0.39, 0.29) is 66.2 Å². The number of hydrogen-bond acceptors (Lipinski definition) is 8. The molecular formula is C29H43NO8. The number of amides is 1. The van der Waals surface area contributed by atoms with E-state index in [9.17, 15) is 14.4 Å². The van der Waals surface area contributed by atoms with E-state index in [2.05, 4.69) is 31.3 Å². The topological polar surface area (TPSA) is 113 Å². The van der Waals surface area contributed by atoms with Crippen molar-refractivity contribution in [3.8, 4) is 0 Å². The molecule has 3 aliphatic rings. The molecule has 3 saturated heterocycles. The number of hydrogen-bond donors (Lipinski definition) is 1. The minimum Gasteiger partial charge on any atom is -0.469 e. The second-order valence-corrected chi connectivity index (χ2v) is 10.9. The van der Waals surface area contributed by atoms with Crippen LogP contribution in [0, 0.1) is 5.92 Å². The smallest absolute Gasteiger partial charge is 0.308 e. The monoisotopic (exact) mass is 533 g/mol. The van der Waals surface area contributed by atoms with Crippen LogP contribution in [-0.2, 0) is 38.1 Å². The minimum atomic E-state index is -0.459. The van der Waals surface area contributed by atoms with Gasteiger partial charge in [-0.2, -0.15) is 0 Å². The van der Waals surface area contributed by atoms with Gasteiger partial charge in [0, 0.05) is 25.8 Å². The Bertz CT molecular complexity index is 937. The van der Waals surface area contributed by atoms with E-state index >= 15 is 0 Å². The van der Waals surface area contributed by atoms with Crippen LogP contribution in [0.1, 0.15) is 66.7 Å². The molecule has 0 aromatic carbocycles. The van der Waals surface area contributed by atoms with E-state index in [1.54, 1.807) is 13.0 Å². The Morgan fingerprint density at radius 1 is 1.13 bits per heavy atom. The lowest BCUT2D eigenvalue weighted by molar-refractivity contribution is -0.147. The predicted molar refractivity (Wildman–Crippen MR) is 141 cm³/mol. The number of esters is 2. The van der Waals surface area contributed by atoms with Crippen molar-refractivity contribution in [1.82, 2.24) is 5.32 Å². The number of methoxy groups -OCH3 is 1. The molecule has 1 spiro atoms. The molecule has 0 aromatic rings. The summed E-state index contributed by atoms with van der Waals surface area (Å²) in [6, 6.07) is -0.0919. The third-order valence-electron chi connectivity index (χ3n) is 7.38. The third kappa shape index (κ3) is 9.36. The highest BCUT2D eigenvalue weighted by atomic mass is 16.6. The van der Waals surface area contributed by atoms with Crippen molar-refractivity contribution in [2.45, 2.75) is 109 Å². The summed E-state index contributed by atoms with van der Waals surface area (Å²) in [5.41, 5.74) is 0.952. The zero-order chi connectivity index (χ0) is 27.9. The Morgan fingerprint density at radius 3 is 2.53 bits per heavy atom. The number of carbonyl (C=O) groups is 3. The van der Waals surface area contributed by atoms with Gasteiger partial charge in [0.15, 0.2) is 0 Å². The molecule has 3 aliphatic heterocycles. The maximum Gasteiger partial charge on any atom is 0.308 e. The van der Waals surface area contributed by atoms with Crippen LogP contribution < -0.4 is 5.32 Å². The number of allylic oxidation sites excluding steroid dienone is 2. The summed E-state index contributed by atoms with van der Waals surface area (Å²) in [6.45, 7) is 9.93. The van der Waals surface area contributed by atoms with Crippen LogP contribution in [-0.4, -0.2) is 73.7 Å². The molecule has 3 fully saturated rings. The fourth-order valence-corrected chi connectivity index (χ4v) is 5.15. The second-order valence-electron chi connectivity index (χ2n) is 10.9. The van der Waals surface area contributed by atoms with Crippen molar-refractivity contribution < 1.29 is 38.1 Å². The first-order valence-corrected chi connectivity index (χ1v) is 13.5. The zero-order valence-electron chi connectivity index (χ0n) is 23.4. The summed E-state index contributed by atoms with van der Waals surface area (Å²) >= 11 is 0. The van der Waals surface area contributed by atoms with E-state index in [1.807, 2.05) is 13.0 Å². The zero-order valence-corrected chi connectivity index (χ0v) is 23.4. The van der Waals surface area contributed by atoms with Crippen LogP contribution in [0.4, 0.5) is 0 Å². The van der Waals surface area contributed by atoms with E-state index in [0.29, 0.717) is 6.61 Å². The number of ether oxygens (including phenoxy) is 5. The van der Waals surface area contributed by atoms with E-state index in [1.165, 1.54) is 20.1 Å². The van der Waals surface area contributed by atoms with Crippen molar-refractivity contribution in [1.29, 1.82) is 0 Å². The summed E-state index contributed by atoms with van der Waals surface area (Å²) in [4.78, 5) is 35.0. The molecule has 0 radical (unpaired) electrons. The van der Waals surface area contributed by atoms with Crippen LogP contribution in [0.5, 0.6) is 0 Å². The number of epoxide rings is 1. The number of rotatable bonds is 10. The standard InChI is InChI=1S/C29H43NO8/c1-18(7-10-23-15-29(17-35-29)16-24(38-23)14-28(33)34-6)8-11-26-19(2)13-25(21(4)37-26)30-27(32)12-9-20(3)36-22(5)31/h7-10,12,19-21,23-26H,11,13-17H2,1-6H3,(H,30,32). The molecule has 0 aliphatic carbocycles. The Labute approximate surface area is 225 Å². The molecule has 9 heteroatoms.